The van der Waals surface area contributed by atoms with Crippen LogP contribution in [0.5, 0.6) is 0 Å². The normalized spacial score (nSPS) is 13.9. The highest BCUT2D eigenvalue weighted by Gasteiger charge is 2.31. The molecular weight excluding hydrogens is 811 g/mol. The van der Waals surface area contributed by atoms with Crippen LogP contribution in [0, 0.1) is 0 Å². The smallest absolute Gasteiger partial charge is 0.362 e. The second-order valence-electron chi connectivity index (χ2n) is 17.3. The first kappa shape index (κ1) is 60.7. The molecule has 65 heavy (non-hydrogen) atoms. The van der Waals surface area contributed by atoms with Crippen molar-refractivity contribution < 1.29 is 38.2 Å². The Morgan fingerprint density at radius 3 is 1.26 bits per heavy atom. The van der Waals surface area contributed by atoms with Crippen LogP contribution in [0.2, 0.25) is 0 Å². The molecule has 0 aliphatic rings. The molecule has 0 aliphatic heterocycles. The van der Waals surface area contributed by atoms with E-state index in [1.807, 2.05) is 33.3 Å². The van der Waals surface area contributed by atoms with Crippen molar-refractivity contribution in [1.29, 1.82) is 0 Å². The van der Waals surface area contributed by atoms with Gasteiger partial charge in [0.25, 0.3) is 0 Å². The first-order valence-corrected chi connectivity index (χ1v) is 25.1. The Morgan fingerprint density at radius 2 is 0.846 bits per heavy atom. The Kier molecular flexibility index (Phi) is 43.2. The lowest BCUT2D eigenvalue weighted by atomic mass is 10.1. The van der Waals surface area contributed by atoms with Gasteiger partial charge in [-0.25, -0.2) is 4.79 Å². The van der Waals surface area contributed by atoms with E-state index in [9.17, 15) is 19.5 Å². The Labute approximate surface area is 397 Å². The molecule has 8 heteroatoms. The summed E-state index contributed by atoms with van der Waals surface area (Å²) in [6, 6.07) is -0.635. The number of likely N-dealkylation sites (N-methyl/N-ethyl adjacent to an activating group) is 1. The Morgan fingerprint density at radius 1 is 0.462 bits per heavy atom. The highest BCUT2D eigenvalue weighted by atomic mass is 16.6. The molecule has 0 radical (unpaired) electrons. The summed E-state index contributed by atoms with van der Waals surface area (Å²) in [5, 5.41) is 9.65. The number of aliphatic carboxylic acids is 1. The molecule has 0 heterocycles. The van der Waals surface area contributed by atoms with E-state index in [1.54, 1.807) is 0 Å². The summed E-state index contributed by atoms with van der Waals surface area (Å²) >= 11 is 0. The topological polar surface area (TPSA) is 99.1 Å². The number of ether oxygens (including phenoxy) is 3. The van der Waals surface area contributed by atoms with Crippen LogP contribution in [-0.2, 0) is 28.6 Å². The minimum atomic E-state index is -0.890. The molecule has 0 aromatic heterocycles. The molecular formula is C57H92NO7+. The molecule has 0 saturated carbocycles. The van der Waals surface area contributed by atoms with Gasteiger partial charge in [-0.05, 0) is 89.9 Å². The quantitative estimate of drug-likeness (QED) is 0.0282. The Bertz CT molecular complexity index is 1470. The van der Waals surface area contributed by atoms with Gasteiger partial charge in [0.15, 0.2) is 12.1 Å². The second-order valence-corrected chi connectivity index (χ2v) is 17.3. The van der Waals surface area contributed by atoms with E-state index in [-0.39, 0.29) is 42.7 Å². The van der Waals surface area contributed by atoms with E-state index < -0.39 is 18.1 Å². The summed E-state index contributed by atoms with van der Waals surface area (Å²) < 4.78 is 17.2. The molecule has 2 atom stereocenters. The summed E-state index contributed by atoms with van der Waals surface area (Å²) in [5.74, 6) is -1.60. The predicted molar refractivity (Wildman–Crippen MR) is 275 cm³/mol. The second kappa shape index (κ2) is 46.3. The predicted octanol–water partition coefficient (Wildman–Crippen LogP) is 14.6. The number of carbonyl (C=O) groups is 3. The fraction of sp³-hybridized carbons (Fsp3) is 0.596. The first-order chi connectivity index (χ1) is 31.6. The summed E-state index contributed by atoms with van der Waals surface area (Å²) in [4.78, 5) is 37.1. The van der Waals surface area contributed by atoms with Gasteiger partial charge in [0.05, 0.1) is 34.4 Å². The third-order valence-corrected chi connectivity index (χ3v) is 10.4. The van der Waals surface area contributed by atoms with E-state index in [2.05, 4.69) is 123 Å². The zero-order valence-electron chi connectivity index (χ0n) is 41.6. The van der Waals surface area contributed by atoms with Gasteiger partial charge in [0.1, 0.15) is 6.61 Å². The fourth-order valence-corrected chi connectivity index (χ4v) is 6.58. The van der Waals surface area contributed by atoms with Gasteiger partial charge in [-0.1, -0.05) is 180 Å². The van der Waals surface area contributed by atoms with Gasteiger partial charge < -0.3 is 23.8 Å². The molecule has 0 spiro atoms. The summed E-state index contributed by atoms with van der Waals surface area (Å²) in [5.41, 5.74) is 0. The lowest BCUT2D eigenvalue weighted by Crippen LogP contribution is -2.50. The van der Waals surface area contributed by atoms with Gasteiger partial charge in [-0.3, -0.25) is 9.59 Å². The largest absolute Gasteiger partial charge is 0.477 e. The number of nitrogens with zero attached hydrogens (tertiary/aromatic N) is 1. The lowest BCUT2D eigenvalue weighted by Gasteiger charge is -2.31. The molecule has 0 saturated heterocycles. The molecule has 8 nitrogen and oxygen atoms in total. The van der Waals surface area contributed by atoms with Crippen LogP contribution in [0.25, 0.3) is 0 Å². The van der Waals surface area contributed by atoms with Crippen molar-refractivity contribution >= 4 is 17.9 Å². The van der Waals surface area contributed by atoms with Gasteiger partial charge in [-0.2, -0.15) is 0 Å². The van der Waals surface area contributed by atoms with Gasteiger partial charge in [0.2, 0.25) is 0 Å². The van der Waals surface area contributed by atoms with Crippen molar-refractivity contribution in [2.75, 3.05) is 41.0 Å². The van der Waals surface area contributed by atoms with Crippen molar-refractivity contribution in [2.45, 2.75) is 180 Å². The summed E-state index contributed by atoms with van der Waals surface area (Å²) in [6.07, 6.45) is 65.5. The lowest BCUT2D eigenvalue weighted by molar-refractivity contribution is -0.887. The molecule has 366 valence electrons. The number of carboxylic acid groups (broad SMARTS) is 1. The average molecular weight is 903 g/mol. The van der Waals surface area contributed by atoms with Gasteiger partial charge in [-0.15, -0.1) is 0 Å². The SMILES string of the molecule is CC/C=C/C/C=C/C/C=C/C/C=C/C/C=C/C/C=C/CCC(=O)OCC(COCCC(C(=O)O)[N+](C)(C)C)OC(=O)CCCCCCCCCCC/C=C/C/C=C/C/C=C/C/C=C/CC. The maximum absolute atomic E-state index is 12.8. The molecule has 0 amide bonds. The van der Waals surface area contributed by atoms with E-state index in [0.717, 1.165) is 89.9 Å². The molecule has 0 aliphatic carbocycles. The number of rotatable bonds is 43. The van der Waals surface area contributed by atoms with E-state index in [1.165, 1.54) is 38.5 Å². The maximum Gasteiger partial charge on any atom is 0.362 e. The molecule has 0 fully saturated rings. The van der Waals surface area contributed by atoms with Crippen LogP contribution < -0.4 is 0 Å². The molecule has 0 bridgehead atoms. The molecule has 0 aromatic rings. The third kappa shape index (κ3) is 44.7. The number of hydrogen-bond donors (Lipinski definition) is 1. The van der Waals surface area contributed by atoms with Crippen LogP contribution in [0.1, 0.15) is 168 Å². The van der Waals surface area contributed by atoms with Crippen molar-refractivity contribution in [2.24, 2.45) is 0 Å². The van der Waals surface area contributed by atoms with Crippen molar-refractivity contribution in [3.8, 4) is 0 Å². The van der Waals surface area contributed by atoms with Gasteiger partial charge in [0, 0.05) is 19.3 Å². The van der Waals surface area contributed by atoms with Crippen LogP contribution in [-0.4, -0.2) is 80.6 Å². The average Bonchev–Trinajstić information content (AvgIpc) is 3.27. The maximum atomic E-state index is 12.8. The molecule has 2 unspecified atom stereocenters. The number of hydrogen-bond acceptors (Lipinski definition) is 6. The fourth-order valence-electron chi connectivity index (χ4n) is 6.58. The Hall–Kier alpha value is -4.27. The number of unbranched alkanes of at least 4 members (excludes halogenated alkanes) is 9. The summed E-state index contributed by atoms with van der Waals surface area (Å²) in [7, 11) is 5.50. The number of carboxylic acids is 1. The summed E-state index contributed by atoms with van der Waals surface area (Å²) in [6.45, 7) is 4.41. The third-order valence-electron chi connectivity index (χ3n) is 10.4. The number of allylic oxidation sites excluding steroid dienone is 20. The van der Waals surface area contributed by atoms with Crippen molar-refractivity contribution in [3.05, 3.63) is 122 Å². The van der Waals surface area contributed by atoms with Crippen molar-refractivity contribution in [1.82, 2.24) is 0 Å². The highest BCUT2D eigenvalue weighted by molar-refractivity contribution is 5.72. The van der Waals surface area contributed by atoms with Crippen LogP contribution >= 0.6 is 0 Å². The monoisotopic (exact) mass is 903 g/mol. The first-order valence-electron chi connectivity index (χ1n) is 25.1. The van der Waals surface area contributed by atoms with Crippen LogP contribution in [0.3, 0.4) is 0 Å². The van der Waals surface area contributed by atoms with Crippen LogP contribution in [0.4, 0.5) is 0 Å². The number of quaternary nitrogens is 1. The number of carbonyl (C=O) groups excluding carboxylic acids is 2. The van der Waals surface area contributed by atoms with Crippen molar-refractivity contribution in [3.63, 3.8) is 0 Å². The minimum absolute atomic E-state index is 0.0269. The molecule has 1 N–H and O–H groups in total. The highest BCUT2D eigenvalue weighted by Crippen LogP contribution is 2.14. The van der Waals surface area contributed by atoms with E-state index in [0.29, 0.717) is 19.3 Å². The zero-order chi connectivity index (χ0) is 47.7. The van der Waals surface area contributed by atoms with E-state index in [4.69, 9.17) is 14.2 Å². The standard InChI is InChI=1S/C57H91NO7/c1-6-8-10-12-14-16-18-20-22-24-26-27-28-30-32-34-36-38-40-42-44-46-48-56(60)65-53(51-63-50-49-54(57(61)62)58(3,4)5)52-64-55(59)47-45-43-41-39-37-35-33-31-29-25-23-21-19-17-15-13-11-9-7-2/h8-11,14-17,20-23,26-27,29,31,35,37,41,43,53-54H,6-7,12-13,18-19,24-25,28,30,32-34,36,38-40,42,44-52H2,1-5H3/p+1/b10-8+,11-9+,16-14+,17-15+,22-20+,23-21+,27-26+,31-29+,37-35+,43-41+. The molecule has 0 aromatic carbocycles. The zero-order valence-corrected chi connectivity index (χ0v) is 41.6. The van der Waals surface area contributed by atoms with E-state index >= 15 is 0 Å². The minimum Gasteiger partial charge on any atom is -0.477 e. The Balaban J connectivity index is 4.40. The van der Waals surface area contributed by atoms with Crippen LogP contribution in [0.15, 0.2) is 122 Å². The number of esters is 2. The molecule has 0 rings (SSSR count). The van der Waals surface area contributed by atoms with Gasteiger partial charge >= 0.3 is 17.9 Å².